The molecule has 0 bridgehead atoms. The molecule has 96 valence electrons. The molecule has 0 atom stereocenters. The van der Waals surface area contributed by atoms with E-state index in [0.717, 1.165) is 6.92 Å². The fourth-order valence-corrected chi connectivity index (χ4v) is 1.14. The van der Waals surface area contributed by atoms with Crippen molar-refractivity contribution in [2.75, 3.05) is 0 Å². The summed E-state index contributed by atoms with van der Waals surface area (Å²) in [6, 6.07) is 0.630. The van der Waals surface area contributed by atoms with Gasteiger partial charge in [-0.25, -0.2) is 4.39 Å². The molecule has 0 unspecified atom stereocenters. The number of hydrogen-bond donors (Lipinski definition) is 0. The first kappa shape index (κ1) is 13.6. The van der Waals surface area contributed by atoms with E-state index < -0.39 is 35.2 Å². The van der Waals surface area contributed by atoms with Crippen LogP contribution in [0, 0.1) is 12.7 Å². The smallest absolute Gasteiger partial charge is 0.405 e. The van der Waals surface area contributed by atoms with Crippen molar-refractivity contribution in [3.63, 3.8) is 0 Å². The van der Waals surface area contributed by atoms with Crippen LogP contribution >= 0.6 is 0 Å². The first-order chi connectivity index (χ1) is 7.52. The summed E-state index contributed by atoms with van der Waals surface area (Å²) in [6.07, 6.45) is -10.4. The third-order valence-electron chi connectivity index (χ3n) is 1.86. The zero-order chi connectivity index (χ0) is 13.4. The maximum absolute atomic E-state index is 12.9. The third-order valence-corrected chi connectivity index (χ3v) is 1.86. The van der Waals surface area contributed by atoms with Gasteiger partial charge in [0.15, 0.2) is 0 Å². The molecule has 1 aromatic carbocycles. The van der Waals surface area contributed by atoms with Gasteiger partial charge in [0.1, 0.15) is 11.6 Å². The summed E-state index contributed by atoms with van der Waals surface area (Å²) in [4.78, 5) is 0. The van der Waals surface area contributed by atoms with Crippen molar-refractivity contribution in [3.05, 3.63) is 29.1 Å². The lowest BCUT2D eigenvalue weighted by Gasteiger charge is -2.17. The Kier molecular flexibility index (Phi) is 3.26. The topological polar surface area (TPSA) is 9.23 Å². The summed E-state index contributed by atoms with van der Waals surface area (Å²) in [6.45, 7) is 0.769. The van der Waals surface area contributed by atoms with Gasteiger partial charge in [0, 0.05) is 5.56 Å². The van der Waals surface area contributed by atoms with Crippen LogP contribution in [0.3, 0.4) is 0 Å². The van der Waals surface area contributed by atoms with Crippen LogP contribution in [-0.2, 0) is 6.18 Å². The SMILES string of the molecule is Cc1c(F)ccc(C(F)(F)F)c1OC(F)(F)F. The minimum absolute atomic E-state index is 0.198. The molecule has 0 N–H and O–H groups in total. The van der Waals surface area contributed by atoms with Crippen LogP contribution < -0.4 is 4.74 Å². The van der Waals surface area contributed by atoms with Gasteiger partial charge in [-0.2, -0.15) is 13.2 Å². The molecule has 0 saturated carbocycles. The summed E-state index contributed by atoms with van der Waals surface area (Å²) < 4.78 is 88.9. The van der Waals surface area contributed by atoms with Crippen molar-refractivity contribution in [3.8, 4) is 5.75 Å². The van der Waals surface area contributed by atoms with Crippen LogP contribution in [-0.4, -0.2) is 6.36 Å². The van der Waals surface area contributed by atoms with Crippen LogP contribution in [0.15, 0.2) is 12.1 Å². The molecule has 1 aromatic rings. The Morgan fingerprint density at radius 2 is 1.53 bits per heavy atom. The highest BCUT2D eigenvalue weighted by molar-refractivity contribution is 5.43. The first-order valence-corrected chi connectivity index (χ1v) is 4.14. The average molecular weight is 262 g/mol. The average Bonchev–Trinajstić information content (AvgIpc) is 2.08. The summed E-state index contributed by atoms with van der Waals surface area (Å²) >= 11 is 0. The highest BCUT2D eigenvalue weighted by atomic mass is 19.4. The maximum Gasteiger partial charge on any atom is 0.573 e. The highest BCUT2D eigenvalue weighted by Gasteiger charge is 2.40. The maximum atomic E-state index is 12.9. The van der Waals surface area contributed by atoms with Crippen molar-refractivity contribution in [2.24, 2.45) is 0 Å². The number of alkyl halides is 6. The molecule has 0 radical (unpaired) electrons. The monoisotopic (exact) mass is 262 g/mol. The number of benzene rings is 1. The molecule has 0 amide bonds. The lowest BCUT2D eigenvalue weighted by atomic mass is 10.1. The van der Waals surface area contributed by atoms with Crippen LogP contribution in [0.5, 0.6) is 5.75 Å². The normalized spacial score (nSPS) is 12.7. The molecular formula is C9H5F7O. The van der Waals surface area contributed by atoms with Gasteiger partial charge in [0.05, 0.1) is 5.56 Å². The fraction of sp³-hybridized carbons (Fsp3) is 0.333. The lowest BCUT2D eigenvalue weighted by molar-refractivity contribution is -0.276. The lowest BCUT2D eigenvalue weighted by Crippen LogP contribution is -2.21. The van der Waals surface area contributed by atoms with Gasteiger partial charge in [-0.3, -0.25) is 0 Å². The second-order valence-electron chi connectivity index (χ2n) is 3.09. The van der Waals surface area contributed by atoms with E-state index in [4.69, 9.17) is 0 Å². The molecule has 0 fully saturated rings. The van der Waals surface area contributed by atoms with E-state index in [-0.39, 0.29) is 6.07 Å². The van der Waals surface area contributed by atoms with Crippen molar-refractivity contribution in [2.45, 2.75) is 19.5 Å². The largest absolute Gasteiger partial charge is 0.573 e. The molecule has 0 saturated heterocycles. The standard InChI is InChI=1S/C9H5F7O/c1-4-6(10)3-2-5(8(11,12)13)7(4)17-9(14,15)16/h2-3H,1H3. The zero-order valence-electron chi connectivity index (χ0n) is 8.21. The van der Waals surface area contributed by atoms with Crippen LogP contribution in [0.2, 0.25) is 0 Å². The van der Waals surface area contributed by atoms with Gasteiger partial charge < -0.3 is 4.74 Å². The van der Waals surface area contributed by atoms with Crippen molar-refractivity contribution < 1.29 is 35.5 Å². The Hall–Kier alpha value is -1.47. The van der Waals surface area contributed by atoms with E-state index in [1.807, 2.05) is 0 Å². The Balaban J connectivity index is 3.37. The van der Waals surface area contributed by atoms with E-state index in [9.17, 15) is 30.7 Å². The molecule has 8 heteroatoms. The Morgan fingerprint density at radius 1 is 1.00 bits per heavy atom. The molecule has 17 heavy (non-hydrogen) atoms. The van der Waals surface area contributed by atoms with Gasteiger partial charge in [0.25, 0.3) is 0 Å². The van der Waals surface area contributed by atoms with Gasteiger partial charge in [-0.15, -0.1) is 13.2 Å². The van der Waals surface area contributed by atoms with Gasteiger partial charge >= 0.3 is 12.5 Å². The number of ether oxygens (including phenoxy) is 1. The second kappa shape index (κ2) is 4.08. The van der Waals surface area contributed by atoms with Gasteiger partial charge in [0.2, 0.25) is 0 Å². The molecule has 0 heterocycles. The minimum atomic E-state index is -5.32. The summed E-state index contributed by atoms with van der Waals surface area (Å²) in [5.74, 6) is -2.78. The highest BCUT2D eigenvalue weighted by Crippen LogP contribution is 2.40. The molecule has 1 rings (SSSR count). The van der Waals surface area contributed by atoms with Crippen molar-refractivity contribution in [1.29, 1.82) is 0 Å². The molecule has 0 aliphatic heterocycles. The number of rotatable bonds is 1. The van der Waals surface area contributed by atoms with Gasteiger partial charge in [-0.1, -0.05) is 0 Å². The molecule has 1 nitrogen and oxygen atoms in total. The summed E-state index contributed by atoms with van der Waals surface area (Å²) in [5, 5.41) is 0. The minimum Gasteiger partial charge on any atom is -0.405 e. The molecule has 0 aliphatic rings. The van der Waals surface area contributed by atoms with Crippen molar-refractivity contribution in [1.82, 2.24) is 0 Å². The summed E-state index contributed by atoms with van der Waals surface area (Å²) in [7, 11) is 0. The van der Waals surface area contributed by atoms with Crippen molar-refractivity contribution >= 4 is 0 Å². The molecule has 0 aromatic heterocycles. The quantitative estimate of drug-likeness (QED) is 0.694. The van der Waals surface area contributed by atoms with E-state index in [2.05, 4.69) is 4.74 Å². The number of hydrogen-bond acceptors (Lipinski definition) is 1. The van der Waals surface area contributed by atoms with Gasteiger partial charge in [-0.05, 0) is 19.1 Å². The third kappa shape index (κ3) is 3.24. The second-order valence-corrected chi connectivity index (χ2v) is 3.09. The van der Waals surface area contributed by atoms with Crippen LogP contribution in [0.25, 0.3) is 0 Å². The number of halogens is 7. The van der Waals surface area contributed by atoms with E-state index in [1.165, 1.54) is 0 Å². The predicted octanol–water partition coefficient (Wildman–Crippen LogP) is 4.05. The van der Waals surface area contributed by atoms with E-state index in [1.54, 1.807) is 0 Å². The predicted molar refractivity (Wildman–Crippen MR) is 42.8 cm³/mol. The summed E-state index contributed by atoms with van der Waals surface area (Å²) in [5.41, 5.74) is -2.52. The molecule has 0 aliphatic carbocycles. The Morgan fingerprint density at radius 3 is 1.94 bits per heavy atom. The van der Waals surface area contributed by atoms with Crippen LogP contribution in [0.4, 0.5) is 30.7 Å². The Labute approximate surface area is 90.8 Å². The molecular weight excluding hydrogens is 257 g/mol. The molecule has 0 spiro atoms. The fourth-order valence-electron chi connectivity index (χ4n) is 1.14. The first-order valence-electron chi connectivity index (χ1n) is 4.14. The Bertz CT molecular complexity index is 419. The van der Waals surface area contributed by atoms with E-state index in [0.29, 0.717) is 6.07 Å². The van der Waals surface area contributed by atoms with Crippen LogP contribution in [0.1, 0.15) is 11.1 Å². The van der Waals surface area contributed by atoms with E-state index >= 15 is 0 Å². The zero-order valence-corrected chi connectivity index (χ0v) is 8.21.